The van der Waals surface area contributed by atoms with Crippen LogP contribution in [-0.2, 0) is 7.05 Å². The maximum atomic E-state index is 5.70. The van der Waals surface area contributed by atoms with Gasteiger partial charge in [0.1, 0.15) is 3.70 Å². The van der Waals surface area contributed by atoms with Crippen molar-refractivity contribution in [2.45, 2.75) is 0 Å². The molecule has 0 unspecified atom stereocenters. The third kappa shape index (κ3) is 1.88. The van der Waals surface area contributed by atoms with Crippen LogP contribution in [0.3, 0.4) is 0 Å². The fourth-order valence-electron chi connectivity index (χ4n) is 1.12. The molecule has 0 atom stereocenters. The summed E-state index contributed by atoms with van der Waals surface area (Å²) in [5, 5.41) is 4.47. The lowest BCUT2D eigenvalue weighted by Gasteiger charge is -1.96. The van der Waals surface area contributed by atoms with Gasteiger partial charge in [-0.3, -0.25) is 4.68 Å². The van der Waals surface area contributed by atoms with E-state index in [1.807, 2.05) is 19.3 Å². The first-order chi connectivity index (χ1) is 6.66. The van der Waals surface area contributed by atoms with Crippen molar-refractivity contribution in [1.82, 2.24) is 19.7 Å². The van der Waals surface area contributed by atoms with E-state index in [0.717, 1.165) is 15.0 Å². The number of aromatic nitrogens is 4. The Balaban J connectivity index is 2.54. The highest BCUT2D eigenvalue weighted by molar-refractivity contribution is 14.1. The van der Waals surface area contributed by atoms with Gasteiger partial charge < -0.3 is 0 Å². The molecule has 4 nitrogen and oxygen atoms in total. The molecular formula is C8H6ClIN4. The predicted molar refractivity (Wildman–Crippen MR) is 62.0 cm³/mol. The average Bonchev–Trinajstić information content (AvgIpc) is 2.45. The Hall–Kier alpha value is -0.690. The van der Waals surface area contributed by atoms with Crippen LogP contribution in [0.25, 0.3) is 11.3 Å². The van der Waals surface area contributed by atoms with Crippen molar-refractivity contribution in [1.29, 1.82) is 0 Å². The highest BCUT2D eigenvalue weighted by Crippen LogP contribution is 2.22. The second-order valence-electron chi connectivity index (χ2n) is 2.72. The molecule has 0 amide bonds. The Morgan fingerprint density at radius 2 is 2.29 bits per heavy atom. The summed E-state index contributed by atoms with van der Waals surface area (Å²) in [6.07, 6.45) is 3.54. The lowest BCUT2D eigenvalue weighted by molar-refractivity contribution is 0.760. The van der Waals surface area contributed by atoms with Gasteiger partial charge in [-0.25, -0.2) is 9.97 Å². The summed E-state index contributed by atoms with van der Waals surface area (Å²) in [5.74, 6) is 0. The average molecular weight is 321 g/mol. The zero-order valence-corrected chi connectivity index (χ0v) is 10.2. The van der Waals surface area contributed by atoms with Gasteiger partial charge in [-0.2, -0.15) is 5.10 Å². The van der Waals surface area contributed by atoms with Gasteiger partial charge in [0.05, 0.1) is 11.3 Å². The fourth-order valence-corrected chi connectivity index (χ4v) is 2.02. The van der Waals surface area contributed by atoms with Gasteiger partial charge in [-0.15, -0.1) is 0 Å². The van der Waals surface area contributed by atoms with Gasteiger partial charge in [0.25, 0.3) is 0 Å². The molecule has 0 N–H and O–H groups in total. The quantitative estimate of drug-likeness (QED) is 0.597. The molecule has 72 valence electrons. The van der Waals surface area contributed by atoms with Crippen molar-refractivity contribution in [3.05, 3.63) is 27.4 Å². The first-order valence-electron chi connectivity index (χ1n) is 3.85. The van der Waals surface area contributed by atoms with Crippen molar-refractivity contribution >= 4 is 34.2 Å². The van der Waals surface area contributed by atoms with Gasteiger partial charge >= 0.3 is 0 Å². The molecule has 2 heterocycles. The van der Waals surface area contributed by atoms with Gasteiger partial charge in [0.2, 0.25) is 5.28 Å². The van der Waals surface area contributed by atoms with E-state index in [0.29, 0.717) is 0 Å². The summed E-state index contributed by atoms with van der Waals surface area (Å²) in [5.41, 5.74) is 1.76. The van der Waals surface area contributed by atoms with Crippen molar-refractivity contribution in [2.24, 2.45) is 7.05 Å². The highest BCUT2D eigenvalue weighted by atomic mass is 127. The summed E-state index contributed by atoms with van der Waals surface area (Å²) in [4.78, 5) is 7.94. The van der Waals surface area contributed by atoms with E-state index in [-0.39, 0.29) is 5.28 Å². The summed E-state index contributed by atoms with van der Waals surface area (Å²) < 4.78 is 2.65. The van der Waals surface area contributed by atoms with Crippen LogP contribution in [0.15, 0.2) is 18.5 Å². The van der Waals surface area contributed by atoms with Crippen LogP contribution in [0.1, 0.15) is 0 Å². The standard InChI is InChI=1S/C8H6ClIN4/c1-14-4-5(7(10)13-14)6-2-3-11-8(9)12-6/h2-4H,1H3. The Bertz CT molecular complexity index is 468. The van der Waals surface area contributed by atoms with Crippen LogP contribution in [-0.4, -0.2) is 19.7 Å². The summed E-state index contributed by atoms with van der Waals surface area (Å²) in [6, 6.07) is 1.81. The molecule has 0 aliphatic heterocycles. The van der Waals surface area contributed by atoms with Crippen LogP contribution in [0.4, 0.5) is 0 Å². The molecule has 0 saturated heterocycles. The minimum Gasteiger partial charge on any atom is -0.274 e. The van der Waals surface area contributed by atoms with Crippen molar-refractivity contribution in [2.75, 3.05) is 0 Å². The van der Waals surface area contributed by atoms with E-state index >= 15 is 0 Å². The van der Waals surface area contributed by atoms with E-state index < -0.39 is 0 Å². The Kier molecular flexibility index (Phi) is 2.69. The number of halogens is 2. The molecule has 2 aromatic heterocycles. The SMILES string of the molecule is Cn1cc(-c2ccnc(Cl)n2)c(I)n1. The third-order valence-corrected chi connectivity index (χ3v) is 2.66. The molecular weight excluding hydrogens is 314 g/mol. The molecule has 0 spiro atoms. The number of hydrogen-bond acceptors (Lipinski definition) is 3. The molecule has 0 aliphatic carbocycles. The number of hydrogen-bond donors (Lipinski definition) is 0. The first kappa shape index (κ1) is 9.85. The van der Waals surface area contributed by atoms with Gasteiger partial charge in [0, 0.05) is 19.4 Å². The van der Waals surface area contributed by atoms with Crippen LogP contribution in [0, 0.1) is 3.70 Å². The zero-order chi connectivity index (χ0) is 10.1. The smallest absolute Gasteiger partial charge is 0.222 e. The summed E-state index contributed by atoms with van der Waals surface area (Å²) >= 11 is 7.86. The molecule has 6 heteroatoms. The van der Waals surface area contributed by atoms with E-state index in [1.54, 1.807) is 10.9 Å². The Morgan fingerprint density at radius 1 is 1.50 bits per heavy atom. The van der Waals surface area contributed by atoms with Crippen LogP contribution in [0.5, 0.6) is 0 Å². The van der Waals surface area contributed by atoms with Crippen LogP contribution >= 0.6 is 34.2 Å². The number of aryl methyl sites for hydroxylation is 1. The normalized spacial score (nSPS) is 10.5. The molecule has 0 fully saturated rings. The maximum Gasteiger partial charge on any atom is 0.222 e. The molecule has 0 bridgehead atoms. The van der Waals surface area contributed by atoms with Crippen molar-refractivity contribution in [3.8, 4) is 11.3 Å². The molecule has 2 aromatic rings. The van der Waals surface area contributed by atoms with Gasteiger partial charge in [0.15, 0.2) is 0 Å². The number of rotatable bonds is 1. The molecule has 0 aliphatic rings. The van der Waals surface area contributed by atoms with Crippen molar-refractivity contribution < 1.29 is 0 Å². The van der Waals surface area contributed by atoms with E-state index in [2.05, 4.69) is 37.7 Å². The third-order valence-electron chi connectivity index (χ3n) is 1.69. The van der Waals surface area contributed by atoms with Gasteiger partial charge in [-0.05, 0) is 40.3 Å². The second kappa shape index (κ2) is 3.82. The lowest BCUT2D eigenvalue weighted by Crippen LogP contribution is -1.86. The van der Waals surface area contributed by atoms with E-state index in [1.165, 1.54) is 0 Å². The lowest BCUT2D eigenvalue weighted by atomic mass is 10.2. The highest BCUT2D eigenvalue weighted by Gasteiger charge is 2.08. The molecule has 0 radical (unpaired) electrons. The summed E-state index contributed by atoms with van der Waals surface area (Å²) in [6.45, 7) is 0. The Morgan fingerprint density at radius 3 is 2.86 bits per heavy atom. The maximum absolute atomic E-state index is 5.70. The van der Waals surface area contributed by atoms with E-state index in [9.17, 15) is 0 Å². The Labute approximate surface area is 99.5 Å². The second-order valence-corrected chi connectivity index (χ2v) is 4.08. The predicted octanol–water partition coefficient (Wildman–Crippen LogP) is 2.14. The monoisotopic (exact) mass is 320 g/mol. The number of nitrogens with zero attached hydrogens (tertiary/aromatic N) is 4. The minimum absolute atomic E-state index is 0.252. The van der Waals surface area contributed by atoms with Crippen molar-refractivity contribution in [3.63, 3.8) is 0 Å². The molecule has 14 heavy (non-hydrogen) atoms. The largest absolute Gasteiger partial charge is 0.274 e. The zero-order valence-electron chi connectivity index (χ0n) is 7.28. The topological polar surface area (TPSA) is 43.6 Å². The van der Waals surface area contributed by atoms with Gasteiger partial charge in [-0.1, -0.05) is 0 Å². The molecule has 0 aromatic carbocycles. The van der Waals surface area contributed by atoms with E-state index in [4.69, 9.17) is 11.6 Å². The fraction of sp³-hybridized carbons (Fsp3) is 0.125. The first-order valence-corrected chi connectivity index (χ1v) is 5.30. The summed E-state index contributed by atoms with van der Waals surface area (Å²) in [7, 11) is 1.87. The minimum atomic E-state index is 0.252. The van der Waals surface area contributed by atoms with Crippen LogP contribution in [0.2, 0.25) is 5.28 Å². The molecule has 2 rings (SSSR count). The molecule has 0 saturated carbocycles. The van der Waals surface area contributed by atoms with Crippen LogP contribution < -0.4 is 0 Å².